The molecule has 1 atom stereocenters. The highest BCUT2D eigenvalue weighted by atomic mass is 79.9. The van der Waals surface area contributed by atoms with Crippen LogP contribution in [0.3, 0.4) is 0 Å². The van der Waals surface area contributed by atoms with Gasteiger partial charge in [0.2, 0.25) is 5.91 Å². The van der Waals surface area contributed by atoms with Crippen LogP contribution in [0.2, 0.25) is 0 Å². The number of morpholine rings is 1. The van der Waals surface area contributed by atoms with Crippen molar-refractivity contribution < 1.29 is 13.9 Å². The Hall–Kier alpha value is -1.41. The van der Waals surface area contributed by atoms with Gasteiger partial charge in [0.25, 0.3) is 0 Å². The van der Waals surface area contributed by atoms with Gasteiger partial charge in [0.05, 0.1) is 19.3 Å². The first-order valence-electron chi connectivity index (χ1n) is 7.79. The van der Waals surface area contributed by atoms with Crippen LogP contribution in [0.4, 0.5) is 0 Å². The van der Waals surface area contributed by atoms with E-state index < -0.39 is 0 Å². The number of nitrogens with one attached hydrogen (secondary N) is 1. The average Bonchev–Trinajstić information content (AvgIpc) is 3.26. The Morgan fingerprint density at radius 3 is 2.88 bits per heavy atom. The molecule has 2 aromatic rings. The quantitative estimate of drug-likeness (QED) is 0.742. The van der Waals surface area contributed by atoms with Gasteiger partial charge in [0.1, 0.15) is 5.76 Å². The van der Waals surface area contributed by atoms with Crippen LogP contribution >= 0.6 is 27.3 Å². The Labute approximate surface area is 153 Å². The largest absolute Gasteiger partial charge is 0.450 e. The fourth-order valence-electron chi connectivity index (χ4n) is 2.61. The van der Waals surface area contributed by atoms with Crippen molar-refractivity contribution in [1.29, 1.82) is 0 Å². The number of carbonyl (C=O) groups excluding carboxylic acids is 1. The van der Waals surface area contributed by atoms with Crippen LogP contribution in [0.5, 0.6) is 0 Å². The number of amides is 1. The van der Waals surface area contributed by atoms with Crippen LogP contribution in [0.15, 0.2) is 44.8 Å². The molecule has 2 aromatic heterocycles. The van der Waals surface area contributed by atoms with E-state index in [1.54, 1.807) is 29.5 Å². The van der Waals surface area contributed by atoms with E-state index in [0.29, 0.717) is 17.0 Å². The predicted molar refractivity (Wildman–Crippen MR) is 97.9 cm³/mol. The number of carbonyl (C=O) groups is 1. The third kappa shape index (κ3) is 4.80. The summed E-state index contributed by atoms with van der Waals surface area (Å²) in [5, 5.41) is 5.06. The van der Waals surface area contributed by atoms with E-state index in [2.05, 4.69) is 37.6 Å². The van der Waals surface area contributed by atoms with Gasteiger partial charge in [-0.15, -0.1) is 11.3 Å². The van der Waals surface area contributed by atoms with E-state index in [-0.39, 0.29) is 11.9 Å². The highest BCUT2D eigenvalue weighted by Crippen LogP contribution is 2.25. The third-order valence-electron chi connectivity index (χ3n) is 3.82. The summed E-state index contributed by atoms with van der Waals surface area (Å²) in [5.74, 6) is 0.511. The maximum absolute atomic E-state index is 12.1. The molecule has 1 amide bonds. The number of rotatable bonds is 6. The first kappa shape index (κ1) is 17.4. The second kappa shape index (κ2) is 8.62. The van der Waals surface area contributed by atoms with Crippen molar-refractivity contribution in [3.8, 4) is 0 Å². The van der Waals surface area contributed by atoms with Crippen molar-refractivity contribution in [2.45, 2.75) is 6.04 Å². The molecule has 128 valence electrons. The van der Waals surface area contributed by atoms with E-state index in [4.69, 9.17) is 9.15 Å². The van der Waals surface area contributed by atoms with Gasteiger partial charge in [-0.25, -0.2) is 0 Å². The first-order chi connectivity index (χ1) is 11.7. The van der Waals surface area contributed by atoms with E-state index in [1.807, 2.05) is 6.07 Å². The topological polar surface area (TPSA) is 54.7 Å². The Morgan fingerprint density at radius 1 is 1.38 bits per heavy atom. The molecule has 1 aliphatic heterocycles. The lowest BCUT2D eigenvalue weighted by Gasteiger charge is -2.34. The summed E-state index contributed by atoms with van der Waals surface area (Å²) < 4.78 is 11.4. The van der Waals surface area contributed by atoms with Crippen molar-refractivity contribution in [3.05, 3.63) is 51.0 Å². The molecule has 0 saturated carbocycles. The lowest BCUT2D eigenvalue weighted by Crippen LogP contribution is -2.43. The van der Waals surface area contributed by atoms with Crippen molar-refractivity contribution in [2.24, 2.45) is 0 Å². The number of halogens is 1. The zero-order valence-corrected chi connectivity index (χ0v) is 15.5. The Bertz CT molecular complexity index is 678. The third-order valence-corrected chi connectivity index (χ3v) is 5.22. The maximum Gasteiger partial charge on any atom is 0.244 e. The highest BCUT2D eigenvalue weighted by molar-refractivity contribution is 9.10. The maximum atomic E-state index is 12.1. The number of thiophene rings is 1. The van der Waals surface area contributed by atoms with Gasteiger partial charge in [-0.3, -0.25) is 9.69 Å². The monoisotopic (exact) mass is 410 g/mol. The molecule has 24 heavy (non-hydrogen) atoms. The number of hydrogen-bond donors (Lipinski definition) is 1. The van der Waals surface area contributed by atoms with Gasteiger partial charge in [-0.1, -0.05) is 6.07 Å². The van der Waals surface area contributed by atoms with Gasteiger partial charge in [0, 0.05) is 30.6 Å². The summed E-state index contributed by atoms with van der Waals surface area (Å²) in [6.07, 6.45) is 3.16. The summed E-state index contributed by atoms with van der Waals surface area (Å²) in [5.41, 5.74) is 0. The molecular weight excluding hydrogens is 392 g/mol. The molecule has 5 nitrogen and oxygen atoms in total. The average molecular weight is 411 g/mol. The zero-order valence-electron chi connectivity index (χ0n) is 13.1. The minimum Gasteiger partial charge on any atom is -0.450 e. The van der Waals surface area contributed by atoms with Gasteiger partial charge in [-0.2, -0.15) is 0 Å². The molecule has 1 fully saturated rings. The smallest absolute Gasteiger partial charge is 0.244 e. The molecule has 1 N–H and O–H groups in total. The van der Waals surface area contributed by atoms with Gasteiger partial charge in [0.15, 0.2) is 4.67 Å². The Balaban J connectivity index is 1.58. The summed E-state index contributed by atoms with van der Waals surface area (Å²) in [7, 11) is 0. The molecule has 0 bridgehead atoms. The van der Waals surface area contributed by atoms with E-state index in [1.165, 1.54) is 11.0 Å². The second-order valence-electron chi connectivity index (χ2n) is 5.40. The lowest BCUT2D eigenvalue weighted by atomic mass is 10.2. The number of furan rings is 1. The molecule has 0 radical (unpaired) electrons. The molecule has 7 heteroatoms. The van der Waals surface area contributed by atoms with Gasteiger partial charge in [-0.05, 0) is 45.6 Å². The highest BCUT2D eigenvalue weighted by Gasteiger charge is 2.23. The lowest BCUT2D eigenvalue weighted by molar-refractivity contribution is -0.116. The van der Waals surface area contributed by atoms with Crippen LogP contribution < -0.4 is 5.32 Å². The SMILES string of the molecule is O=C(/C=C/c1ccc(Br)o1)NCC(c1cccs1)N1CCOCC1. The number of nitrogens with zero attached hydrogens (tertiary/aromatic N) is 1. The molecule has 3 heterocycles. The Morgan fingerprint density at radius 2 is 2.21 bits per heavy atom. The van der Waals surface area contributed by atoms with Crippen LogP contribution in [0, 0.1) is 0 Å². The van der Waals surface area contributed by atoms with Gasteiger partial charge >= 0.3 is 0 Å². The minimum absolute atomic E-state index is 0.127. The van der Waals surface area contributed by atoms with Crippen molar-refractivity contribution >= 4 is 39.2 Å². The summed E-state index contributed by atoms with van der Waals surface area (Å²) in [4.78, 5) is 15.7. The van der Waals surface area contributed by atoms with Crippen LogP contribution in [-0.4, -0.2) is 43.7 Å². The van der Waals surface area contributed by atoms with Gasteiger partial charge < -0.3 is 14.5 Å². The molecular formula is C17H19BrN2O3S. The summed E-state index contributed by atoms with van der Waals surface area (Å²) in [6, 6.07) is 7.94. The van der Waals surface area contributed by atoms with Crippen molar-refractivity contribution in [3.63, 3.8) is 0 Å². The molecule has 1 saturated heterocycles. The molecule has 3 rings (SSSR count). The second-order valence-corrected chi connectivity index (χ2v) is 7.16. The normalized spacial score (nSPS) is 17.2. The van der Waals surface area contributed by atoms with Crippen LogP contribution in [0.1, 0.15) is 16.7 Å². The standard InChI is InChI=1S/C17H19BrN2O3S/c18-16-5-3-13(23-16)4-6-17(21)19-12-14(15-2-1-11-24-15)20-7-9-22-10-8-20/h1-6,11,14H,7-10,12H2,(H,19,21)/b6-4+. The van der Waals surface area contributed by atoms with Crippen LogP contribution in [-0.2, 0) is 9.53 Å². The molecule has 0 spiro atoms. The van der Waals surface area contributed by atoms with Crippen molar-refractivity contribution in [2.75, 3.05) is 32.8 Å². The molecule has 0 aliphatic carbocycles. The molecule has 1 aliphatic rings. The predicted octanol–water partition coefficient (Wildman–Crippen LogP) is 3.31. The molecule has 1 unspecified atom stereocenters. The van der Waals surface area contributed by atoms with E-state index in [0.717, 1.165) is 26.3 Å². The zero-order chi connectivity index (χ0) is 16.8. The fourth-order valence-corrected chi connectivity index (χ4v) is 3.79. The molecule has 0 aromatic carbocycles. The Kier molecular flexibility index (Phi) is 6.25. The van der Waals surface area contributed by atoms with E-state index in [9.17, 15) is 4.79 Å². The van der Waals surface area contributed by atoms with E-state index >= 15 is 0 Å². The summed E-state index contributed by atoms with van der Waals surface area (Å²) in [6.45, 7) is 3.82. The van der Waals surface area contributed by atoms with Crippen LogP contribution in [0.25, 0.3) is 6.08 Å². The number of hydrogen-bond acceptors (Lipinski definition) is 5. The van der Waals surface area contributed by atoms with Crippen molar-refractivity contribution in [1.82, 2.24) is 10.2 Å². The number of ether oxygens (including phenoxy) is 1. The summed E-state index contributed by atoms with van der Waals surface area (Å²) >= 11 is 4.96. The minimum atomic E-state index is -0.127. The fraction of sp³-hybridized carbons (Fsp3) is 0.353. The first-order valence-corrected chi connectivity index (χ1v) is 9.46.